The number of nitrogens with zero attached hydrogens (tertiary/aromatic N) is 3. The molecule has 1 aliphatic rings. The van der Waals surface area contributed by atoms with Crippen molar-refractivity contribution in [3.05, 3.63) is 24.3 Å². The first kappa shape index (κ1) is 13.7. The molecule has 0 saturated carbocycles. The van der Waals surface area contributed by atoms with Crippen LogP contribution in [0, 0.1) is 0 Å². The summed E-state index contributed by atoms with van der Waals surface area (Å²) in [4.78, 5) is 8.57. The highest BCUT2D eigenvalue weighted by Crippen LogP contribution is 2.26. The fraction of sp³-hybridized carbons (Fsp3) is 0.500. The number of aliphatic imine (C=N–C) groups is 1. The Hall–Kier alpha value is -1.75. The van der Waals surface area contributed by atoms with E-state index in [1.807, 2.05) is 25.1 Å². The van der Waals surface area contributed by atoms with Gasteiger partial charge in [0, 0.05) is 34.2 Å². The van der Waals surface area contributed by atoms with Crippen molar-refractivity contribution in [2.45, 2.75) is 0 Å². The fourth-order valence-corrected chi connectivity index (χ4v) is 2.15. The Labute approximate surface area is 114 Å². The minimum absolute atomic E-state index is 0.788. The molecule has 1 N–H and O–H groups in total. The third kappa shape index (κ3) is 3.38. The van der Waals surface area contributed by atoms with Gasteiger partial charge < -0.3 is 19.9 Å². The number of morpholine rings is 1. The van der Waals surface area contributed by atoms with E-state index in [1.54, 1.807) is 7.05 Å². The van der Waals surface area contributed by atoms with Crippen molar-refractivity contribution in [3.8, 4) is 0 Å². The molecule has 0 amide bonds. The molecule has 0 radical (unpaired) electrons. The number of ether oxygens (including phenoxy) is 1. The van der Waals surface area contributed by atoms with Gasteiger partial charge in [0.25, 0.3) is 0 Å². The van der Waals surface area contributed by atoms with Crippen LogP contribution in [0.1, 0.15) is 0 Å². The average molecular weight is 262 g/mol. The SMILES string of the molecule is CN=C(Nc1ccccc1N1CCOCC1)N(C)C. The van der Waals surface area contributed by atoms with Gasteiger partial charge in [-0.05, 0) is 12.1 Å². The summed E-state index contributed by atoms with van der Waals surface area (Å²) >= 11 is 0. The Morgan fingerprint density at radius 2 is 1.95 bits per heavy atom. The molecule has 19 heavy (non-hydrogen) atoms. The molecule has 0 atom stereocenters. The molecule has 1 heterocycles. The van der Waals surface area contributed by atoms with Crippen molar-refractivity contribution in [2.24, 2.45) is 4.99 Å². The van der Waals surface area contributed by atoms with E-state index in [0.29, 0.717) is 0 Å². The first-order valence-corrected chi connectivity index (χ1v) is 6.55. The second kappa shape index (κ2) is 6.43. The third-order valence-corrected chi connectivity index (χ3v) is 3.14. The minimum atomic E-state index is 0.788. The summed E-state index contributed by atoms with van der Waals surface area (Å²) < 4.78 is 5.41. The van der Waals surface area contributed by atoms with Gasteiger partial charge in [-0.25, -0.2) is 0 Å². The summed E-state index contributed by atoms with van der Waals surface area (Å²) in [6.07, 6.45) is 0. The fourth-order valence-electron chi connectivity index (χ4n) is 2.15. The lowest BCUT2D eigenvalue weighted by Crippen LogP contribution is -2.37. The van der Waals surface area contributed by atoms with Crippen LogP contribution in [0.2, 0.25) is 0 Å². The molecule has 0 aromatic heterocycles. The van der Waals surface area contributed by atoms with E-state index in [0.717, 1.165) is 38.0 Å². The van der Waals surface area contributed by atoms with Crippen LogP contribution in [-0.2, 0) is 4.74 Å². The summed E-state index contributed by atoms with van der Waals surface area (Å²) in [7, 11) is 5.75. The van der Waals surface area contributed by atoms with Crippen molar-refractivity contribution in [2.75, 3.05) is 57.7 Å². The van der Waals surface area contributed by atoms with Gasteiger partial charge in [-0.1, -0.05) is 12.1 Å². The van der Waals surface area contributed by atoms with Gasteiger partial charge in [-0.15, -0.1) is 0 Å². The Morgan fingerprint density at radius 3 is 2.58 bits per heavy atom. The van der Waals surface area contributed by atoms with Gasteiger partial charge in [-0.3, -0.25) is 4.99 Å². The highest BCUT2D eigenvalue weighted by Gasteiger charge is 2.15. The van der Waals surface area contributed by atoms with Gasteiger partial charge in [0.15, 0.2) is 5.96 Å². The van der Waals surface area contributed by atoms with Crippen molar-refractivity contribution in [1.29, 1.82) is 0 Å². The monoisotopic (exact) mass is 262 g/mol. The molecular formula is C14H22N4O. The zero-order valence-corrected chi connectivity index (χ0v) is 11.9. The molecule has 104 valence electrons. The van der Waals surface area contributed by atoms with Crippen LogP contribution in [-0.4, -0.2) is 58.3 Å². The maximum atomic E-state index is 5.41. The molecular weight excluding hydrogens is 240 g/mol. The van der Waals surface area contributed by atoms with Crippen LogP contribution in [0.4, 0.5) is 11.4 Å². The van der Waals surface area contributed by atoms with Gasteiger partial charge >= 0.3 is 0 Å². The van der Waals surface area contributed by atoms with Crippen molar-refractivity contribution in [1.82, 2.24) is 4.90 Å². The lowest BCUT2D eigenvalue weighted by atomic mass is 10.2. The van der Waals surface area contributed by atoms with Crippen molar-refractivity contribution >= 4 is 17.3 Å². The molecule has 1 aromatic rings. The number of rotatable bonds is 2. The number of nitrogens with one attached hydrogen (secondary N) is 1. The van der Waals surface area contributed by atoms with Crippen LogP contribution < -0.4 is 10.2 Å². The number of para-hydroxylation sites is 2. The smallest absolute Gasteiger partial charge is 0.197 e. The highest BCUT2D eigenvalue weighted by atomic mass is 16.5. The molecule has 1 aliphatic heterocycles. The van der Waals surface area contributed by atoms with E-state index >= 15 is 0 Å². The van der Waals surface area contributed by atoms with Crippen LogP contribution in [0.5, 0.6) is 0 Å². The molecule has 2 rings (SSSR count). The predicted octanol–water partition coefficient (Wildman–Crippen LogP) is 1.48. The molecule has 5 nitrogen and oxygen atoms in total. The van der Waals surface area contributed by atoms with Crippen molar-refractivity contribution in [3.63, 3.8) is 0 Å². The zero-order valence-electron chi connectivity index (χ0n) is 11.9. The largest absolute Gasteiger partial charge is 0.378 e. The van der Waals surface area contributed by atoms with Crippen LogP contribution in [0.25, 0.3) is 0 Å². The summed E-state index contributed by atoms with van der Waals surface area (Å²) in [6.45, 7) is 3.44. The second-order valence-corrected chi connectivity index (χ2v) is 4.68. The van der Waals surface area contributed by atoms with E-state index in [2.05, 4.69) is 33.4 Å². The Morgan fingerprint density at radius 1 is 1.26 bits per heavy atom. The molecule has 0 spiro atoms. The topological polar surface area (TPSA) is 40.1 Å². The highest BCUT2D eigenvalue weighted by molar-refractivity contribution is 5.96. The number of hydrogen-bond donors (Lipinski definition) is 1. The maximum absolute atomic E-state index is 5.41. The molecule has 5 heteroatoms. The quantitative estimate of drug-likeness (QED) is 0.647. The third-order valence-electron chi connectivity index (χ3n) is 3.14. The maximum Gasteiger partial charge on any atom is 0.197 e. The lowest BCUT2D eigenvalue weighted by molar-refractivity contribution is 0.123. The standard InChI is InChI=1S/C14H22N4O/c1-15-14(17(2)3)16-12-6-4-5-7-13(12)18-8-10-19-11-9-18/h4-7H,8-11H2,1-3H3,(H,15,16). The van der Waals surface area contributed by atoms with Crippen LogP contribution >= 0.6 is 0 Å². The Balaban J connectivity index is 2.20. The summed E-state index contributed by atoms with van der Waals surface area (Å²) in [5.74, 6) is 0.848. The van der Waals surface area contributed by atoms with E-state index in [1.165, 1.54) is 5.69 Å². The predicted molar refractivity (Wildman–Crippen MR) is 80.1 cm³/mol. The number of guanidine groups is 1. The first-order chi connectivity index (χ1) is 9.22. The normalized spacial score (nSPS) is 16.4. The number of benzene rings is 1. The van der Waals surface area contributed by atoms with E-state index in [9.17, 15) is 0 Å². The first-order valence-electron chi connectivity index (χ1n) is 6.55. The number of hydrogen-bond acceptors (Lipinski definition) is 3. The van der Waals surface area contributed by atoms with Gasteiger partial charge in [0.2, 0.25) is 0 Å². The molecule has 1 saturated heterocycles. The molecule has 1 fully saturated rings. The average Bonchev–Trinajstić information content (AvgIpc) is 2.45. The van der Waals surface area contributed by atoms with Gasteiger partial charge in [0.1, 0.15) is 0 Å². The van der Waals surface area contributed by atoms with E-state index in [-0.39, 0.29) is 0 Å². The molecule has 0 bridgehead atoms. The Bertz CT molecular complexity index is 439. The molecule has 0 aliphatic carbocycles. The van der Waals surface area contributed by atoms with Gasteiger partial charge in [-0.2, -0.15) is 0 Å². The summed E-state index contributed by atoms with van der Waals surface area (Å²) in [6, 6.07) is 8.32. The summed E-state index contributed by atoms with van der Waals surface area (Å²) in [5, 5.41) is 3.39. The van der Waals surface area contributed by atoms with E-state index < -0.39 is 0 Å². The lowest BCUT2D eigenvalue weighted by Gasteiger charge is -2.31. The molecule has 1 aromatic carbocycles. The van der Waals surface area contributed by atoms with Gasteiger partial charge in [0.05, 0.1) is 24.6 Å². The summed E-state index contributed by atoms with van der Waals surface area (Å²) in [5.41, 5.74) is 2.28. The van der Waals surface area contributed by atoms with E-state index in [4.69, 9.17) is 4.74 Å². The van der Waals surface area contributed by atoms with Crippen LogP contribution in [0.3, 0.4) is 0 Å². The minimum Gasteiger partial charge on any atom is -0.378 e. The Kier molecular flexibility index (Phi) is 4.63. The molecule has 0 unspecified atom stereocenters. The van der Waals surface area contributed by atoms with Crippen LogP contribution in [0.15, 0.2) is 29.3 Å². The second-order valence-electron chi connectivity index (χ2n) is 4.68. The number of anilines is 2. The van der Waals surface area contributed by atoms with Crippen molar-refractivity contribution < 1.29 is 4.74 Å². The zero-order chi connectivity index (χ0) is 13.7.